The van der Waals surface area contributed by atoms with Crippen molar-refractivity contribution in [1.82, 2.24) is 4.90 Å². The first-order valence-electron chi connectivity index (χ1n) is 6.59. The van der Waals surface area contributed by atoms with E-state index in [4.69, 9.17) is 5.84 Å². The van der Waals surface area contributed by atoms with Gasteiger partial charge in [-0.15, -0.1) is 0 Å². The summed E-state index contributed by atoms with van der Waals surface area (Å²) in [5, 5.41) is 10.8. The van der Waals surface area contributed by atoms with Crippen LogP contribution in [-0.2, 0) is 0 Å². The highest BCUT2D eigenvalue weighted by Gasteiger charge is 2.20. The quantitative estimate of drug-likeness (QED) is 0.452. The molecule has 7 nitrogen and oxygen atoms in total. The van der Waals surface area contributed by atoms with Crippen molar-refractivity contribution in [3.05, 3.63) is 33.9 Å². The highest BCUT2D eigenvalue weighted by atomic mass is 16.6. The number of amides is 1. The van der Waals surface area contributed by atoms with Crippen molar-refractivity contribution in [1.29, 1.82) is 0 Å². The molecular weight excluding hydrogens is 260 g/mol. The number of nitrogens with zero attached hydrogens (tertiary/aromatic N) is 2. The summed E-state index contributed by atoms with van der Waals surface area (Å²) in [6.45, 7) is 5.09. The summed E-state index contributed by atoms with van der Waals surface area (Å²) in [7, 11) is 0. The van der Waals surface area contributed by atoms with Gasteiger partial charge >= 0.3 is 0 Å². The van der Waals surface area contributed by atoms with E-state index in [0.717, 1.165) is 12.8 Å². The third-order valence-corrected chi connectivity index (χ3v) is 3.05. The van der Waals surface area contributed by atoms with Gasteiger partial charge in [0.1, 0.15) is 0 Å². The van der Waals surface area contributed by atoms with Crippen LogP contribution in [-0.4, -0.2) is 28.8 Å². The summed E-state index contributed by atoms with van der Waals surface area (Å²) in [6.07, 6.45) is 1.86. The molecule has 0 aromatic heterocycles. The first kappa shape index (κ1) is 15.9. The van der Waals surface area contributed by atoms with Gasteiger partial charge in [-0.2, -0.15) is 0 Å². The lowest BCUT2D eigenvalue weighted by Gasteiger charge is -2.21. The van der Waals surface area contributed by atoms with E-state index < -0.39 is 4.92 Å². The molecule has 0 heterocycles. The van der Waals surface area contributed by atoms with E-state index in [0.29, 0.717) is 18.8 Å². The maximum absolute atomic E-state index is 12.4. The van der Waals surface area contributed by atoms with Crippen LogP contribution in [0.15, 0.2) is 18.2 Å². The molecule has 0 atom stereocenters. The number of rotatable bonds is 7. The molecule has 1 amide bonds. The second-order valence-electron chi connectivity index (χ2n) is 4.37. The normalized spacial score (nSPS) is 10.2. The van der Waals surface area contributed by atoms with E-state index in [2.05, 4.69) is 5.43 Å². The first-order valence-corrected chi connectivity index (χ1v) is 6.59. The van der Waals surface area contributed by atoms with E-state index in [9.17, 15) is 14.9 Å². The molecule has 0 radical (unpaired) electrons. The number of anilines is 1. The van der Waals surface area contributed by atoms with Gasteiger partial charge in [0.25, 0.3) is 11.6 Å². The van der Waals surface area contributed by atoms with Crippen LogP contribution in [0.3, 0.4) is 0 Å². The molecule has 20 heavy (non-hydrogen) atoms. The topological polar surface area (TPSA) is 102 Å². The molecule has 3 N–H and O–H groups in total. The maximum atomic E-state index is 12.4. The smallest absolute Gasteiger partial charge is 0.270 e. The van der Waals surface area contributed by atoms with Gasteiger partial charge in [-0.3, -0.25) is 20.8 Å². The standard InChI is InChI=1S/C13H20N4O3/c1-3-5-8-16(4-2)13(18)11-9-10(17(19)20)6-7-12(11)15-14/h6-7,9,15H,3-5,8,14H2,1-2H3. The number of unbranched alkanes of at least 4 members (excludes halogenated alkanes) is 1. The Hall–Kier alpha value is -2.15. The van der Waals surface area contributed by atoms with Crippen LogP contribution in [0.25, 0.3) is 0 Å². The number of non-ortho nitro benzene ring substituents is 1. The summed E-state index contributed by atoms with van der Waals surface area (Å²) in [5.74, 6) is 5.11. The second-order valence-corrected chi connectivity index (χ2v) is 4.37. The molecule has 1 rings (SSSR count). The van der Waals surface area contributed by atoms with Crippen LogP contribution >= 0.6 is 0 Å². The minimum atomic E-state index is -0.528. The van der Waals surface area contributed by atoms with Crippen LogP contribution in [0.4, 0.5) is 11.4 Å². The average Bonchev–Trinajstić information content (AvgIpc) is 2.46. The SMILES string of the molecule is CCCCN(CC)C(=O)c1cc([N+](=O)[O-])ccc1NN. The summed E-state index contributed by atoms with van der Waals surface area (Å²) in [5.41, 5.74) is 2.89. The molecule has 0 bridgehead atoms. The third-order valence-electron chi connectivity index (χ3n) is 3.05. The summed E-state index contributed by atoms with van der Waals surface area (Å²) >= 11 is 0. The number of nitro groups is 1. The number of hydrogen-bond donors (Lipinski definition) is 2. The van der Waals surface area contributed by atoms with E-state index in [1.807, 2.05) is 13.8 Å². The summed E-state index contributed by atoms with van der Waals surface area (Å²) in [4.78, 5) is 24.4. The Balaban J connectivity index is 3.10. The summed E-state index contributed by atoms with van der Waals surface area (Å²) < 4.78 is 0. The van der Waals surface area contributed by atoms with E-state index in [1.54, 1.807) is 4.90 Å². The Morgan fingerprint density at radius 2 is 2.15 bits per heavy atom. The highest BCUT2D eigenvalue weighted by Crippen LogP contribution is 2.23. The third kappa shape index (κ3) is 3.67. The number of hydrazine groups is 1. The predicted octanol–water partition coefficient (Wildman–Crippen LogP) is 2.14. The number of nitrogens with one attached hydrogen (secondary N) is 1. The van der Waals surface area contributed by atoms with Gasteiger partial charge in [-0.05, 0) is 19.4 Å². The Bertz CT molecular complexity index is 491. The van der Waals surface area contributed by atoms with E-state index in [-0.39, 0.29) is 17.2 Å². The highest BCUT2D eigenvalue weighted by molar-refractivity contribution is 6.00. The molecule has 0 aliphatic heterocycles. The van der Waals surface area contributed by atoms with Crippen LogP contribution < -0.4 is 11.3 Å². The lowest BCUT2D eigenvalue weighted by Crippen LogP contribution is -2.32. The van der Waals surface area contributed by atoms with Crippen molar-refractivity contribution in [2.45, 2.75) is 26.7 Å². The van der Waals surface area contributed by atoms with Gasteiger partial charge < -0.3 is 10.3 Å². The van der Waals surface area contributed by atoms with Gasteiger partial charge in [0, 0.05) is 25.2 Å². The van der Waals surface area contributed by atoms with Crippen molar-refractivity contribution in [2.24, 2.45) is 5.84 Å². The van der Waals surface area contributed by atoms with Gasteiger partial charge in [0.15, 0.2) is 0 Å². The van der Waals surface area contributed by atoms with Crippen LogP contribution in [0.1, 0.15) is 37.0 Å². The Labute approximate surface area is 117 Å². The monoisotopic (exact) mass is 280 g/mol. The van der Waals surface area contributed by atoms with Crippen molar-refractivity contribution in [2.75, 3.05) is 18.5 Å². The number of nitrogen functional groups attached to an aromatic ring is 1. The van der Waals surface area contributed by atoms with Crippen molar-refractivity contribution in [3.8, 4) is 0 Å². The van der Waals surface area contributed by atoms with Gasteiger partial charge in [-0.25, -0.2) is 0 Å². The molecule has 0 fully saturated rings. The van der Waals surface area contributed by atoms with Gasteiger partial charge in [0.05, 0.1) is 16.2 Å². The fraction of sp³-hybridized carbons (Fsp3) is 0.462. The van der Waals surface area contributed by atoms with E-state index in [1.165, 1.54) is 18.2 Å². The van der Waals surface area contributed by atoms with E-state index >= 15 is 0 Å². The lowest BCUT2D eigenvalue weighted by atomic mass is 10.1. The molecule has 7 heteroatoms. The zero-order chi connectivity index (χ0) is 15.1. The van der Waals surface area contributed by atoms with Crippen molar-refractivity contribution in [3.63, 3.8) is 0 Å². The molecule has 110 valence electrons. The Morgan fingerprint density at radius 1 is 1.45 bits per heavy atom. The number of benzene rings is 1. The fourth-order valence-electron chi connectivity index (χ4n) is 1.87. The average molecular weight is 280 g/mol. The number of carbonyl (C=O) groups excluding carboxylic acids is 1. The first-order chi connectivity index (χ1) is 9.54. The lowest BCUT2D eigenvalue weighted by molar-refractivity contribution is -0.384. The van der Waals surface area contributed by atoms with Crippen LogP contribution in [0.2, 0.25) is 0 Å². The summed E-state index contributed by atoms with van der Waals surface area (Å²) in [6, 6.07) is 4.01. The number of nitro benzene ring substituents is 1. The van der Waals surface area contributed by atoms with Gasteiger partial charge in [-0.1, -0.05) is 13.3 Å². The molecule has 1 aromatic carbocycles. The Kier molecular flexibility index (Phi) is 5.92. The zero-order valence-electron chi connectivity index (χ0n) is 11.8. The van der Waals surface area contributed by atoms with Crippen LogP contribution in [0, 0.1) is 10.1 Å². The number of carbonyl (C=O) groups is 1. The second kappa shape index (κ2) is 7.44. The van der Waals surface area contributed by atoms with Crippen molar-refractivity contribution < 1.29 is 9.72 Å². The molecule has 0 aliphatic carbocycles. The van der Waals surface area contributed by atoms with Gasteiger partial charge in [0.2, 0.25) is 0 Å². The largest absolute Gasteiger partial charge is 0.339 e. The molecule has 1 aromatic rings. The number of hydrogen-bond acceptors (Lipinski definition) is 5. The number of nitrogens with two attached hydrogens (primary N) is 1. The molecule has 0 spiro atoms. The molecule has 0 saturated heterocycles. The molecule has 0 saturated carbocycles. The minimum Gasteiger partial charge on any atom is -0.339 e. The molecule has 0 aliphatic rings. The fourth-order valence-corrected chi connectivity index (χ4v) is 1.87. The molecule has 0 unspecified atom stereocenters. The maximum Gasteiger partial charge on any atom is 0.270 e. The minimum absolute atomic E-state index is 0.126. The van der Waals surface area contributed by atoms with Crippen LogP contribution in [0.5, 0.6) is 0 Å². The van der Waals surface area contributed by atoms with Crippen molar-refractivity contribution >= 4 is 17.3 Å². The zero-order valence-corrected chi connectivity index (χ0v) is 11.8. The predicted molar refractivity (Wildman–Crippen MR) is 77.4 cm³/mol. The molecular formula is C13H20N4O3. The Morgan fingerprint density at radius 3 is 2.65 bits per heavy atom.